The highest BCUT2D eigenvalue weighted by atomic mass is 32.1. The van der Waals surface area contributed by atoms with Crippen molar-refractivity contribution >= 4 is 27.1 Å². The molecule has 0 bridgehead atoms. The molecule has 4 rings (SSSR count). The van der Waals surface area contributed by atoms with Crippen LogP contribution in [0.2, 0.25) is 0 Å². The summed E-state index contributed by atoms with van der Waals surface area (Å²) >= 11 is 1.76. The van der Waals surface area contributed by atoms with E-state index in [9.17, 15) is 4.39 Å². The summed E-state index contributed by atoms with van der Waals surface area (Å²) in [5, 5.41) is 6.82. The van der Waals surface area contributed by atoms with Crippen molar-refractivity contribution in [2.75, 3.05) is 18.0 Å². The summed E-state index contributed by atoms with van der Waals surface area (Å²) in [4.78, 5) is 2.39. The molecule has 0 saturated carbocycles. The summed E-state index contributed by atoms with van der Waals surface area (Å²) in [6.45, 7) is 2.67. The van der Waals surface area contributed by atoms with Crippen molar-refractivity contribution in [1.82, 2.24) is 5.32 Å². The first kappa shape index (κ1) is 15.6. The number of nitrogens with one attached hydrogen (secondary N) is 1. The largest absolute Gasteiger partial charge is 0.364 e. The van der Waals surface area contributed by atoms with Gasteiger partial charge < -0.3 is 10.2 Å². The Balaban J connectivity index is 1.70. The van der Waals surface area contributed by atoms with Gasteiger partial charge in [-0.3, -0.25) is 0 Å². The topological polar surface area (TPSA) is 15.3 Å². The van der Waals surface area contributed by atoms with E-state index in [2.05, 4.69) is 39.9 Å². The quantitative estimate of drug-likeness (QED) is 0.734. The molecule has 2 aromatic carbocycles. The van der Waals surface area contributed by atoms with Crippen molar-refractivity contribution in [1.29, 1.82) is 0 Å². The molecule has 1 aliphatic rings. The van der Waals surface area contributed by atoms with E-state index in [0.29, 0.717) is 12.6 Å². The minimum Gasteiger partial charge on any atom is -0.364 e. The van der Waals surface area contributed by atoms with E-state index in [1.54, 1.807) is 23.5 Å². The van der Waals surface area contributed by atoms with Gasteiger partial charge in [0.1, 0.15) is 5.82 Å². The number of piperidine rings is 1. The van der Waals surface area contributed by atoms with E-state index in [1.807, 2.05) is 12.1 Å². The van der Waals surface area contributed by atoms with E-state index in [4.69, 9.17) is 0 Å². The lowest BCUT2D eigenvalue weighted by Crippen LogP contribution is -2.43. The van der Waals surface area contributed by atoms with Crippen LogP contribution in [0.15, 0.2) is 53.9 Å². The van der Waals surface area contributed by atoms with Gasteiger partial charge in [-0.25, -0.2) is 4.39 Å². The van der Waals surface area contributed by atoms with Gasteiger partial charge in [0.2, 0.25) is 0 Å². The third kappa shape index (κ3) is 3.17. The Hall–Kier alpha value is -1.91. The summed E-state index contributed by atoms with van der Waals surface area (Å²) in [5.74, 6) is -0.118. The van der Waals surface area contributed by atoms with E-state index in [1.165, 1.54) is 15.8 Å². The lowest BCUT2D eigenvalue weighted by molar-refractivity contribution is 0.426. The van der Waals surface area contributed by atoms with Crippen molar-refractivity contribution in [3.63, 3.8) is 0 Å². The maximum Gasteiger partial charge on any atom is 0.128 e. The second-order valence-electron chi connectivity index (χ2n) is 6.34. The fourth-order valence-electron chi connectivity index (χ4n) is 3.49. The number of benzene rings is 2. The van der Waals surface area contributed by atoms with Crippen LogP contribution in [0.4, 0.5) is 10.1 Å². The van der Waals surface area contributed by atoms with Gasteiger partial charge in [0, 0.05) is 28.5 Å². The molecule has 2 nitrogen and oxygen atoms in total. The summed E-state index contributed by atoms with van der Waals surface area (Å²) < 4.78 is 15.5. The highest BCUT2D eigenvalue weighted by Crippen LogP contribution is 2.30. The van der Waals surface area contributed by atoms with Crippen LogP contribution in [0.5, 0.6) is 0 Å². The molecule has 0 atom stereocenters. The number of hydrogen-bond donors (Lipinski definition) is 1. The molecule has 0 unspecified atom stereocenters. The molecule has 1 aliphatic heterocycles. The van der Waals surface area contributed by atoms with Crippen LogP contribution in [0, 0.1) is 5.82 Å². The van der Waals surface area contributed by atoms with Crippen LogP contribution >= 0.6 is 11.3 Å². The number of anilines is 1. The first-order valence-electron chi connectivity index (χ1n) is 8.49. The lowest BCUT2D eigenvalue weighted by atomic mass is 10.0. The normalized spacial score (nSPS) is 15.7. The third-order valence-electron chi connectivity index (χ3n) is 4.82. The zero-order chi connectivity index (χ0) is 16.4. The monoisotopic (exact) mass is 340 g/mol. The first-order chi connectivity index (χ1) is 11.8. The van der Waals surface area contributed by atoms with Gasteiger partial charge in [-0.15, -0.1) is 11.3 Å². The predicted octanol–water partition coefficient (Wildman–Crippen LogP) is 4.80. The molecule has 1 saturated heterocycles. The molecule has 1 N–H and O–H groups in total. The predicted molar refractivity (Wildman–Crippen MR) is 100 cm³/mol. The zero-order valence-corrected chi connectivity index (χ0v) is 14.4. The second-order valence-corrected chi connectivity index (χ2v) is 7.29. The summed E-state index contributed by atoms with van der Waals surface area (Å²) in [7, 11) is 0. The van der Waals surface area contributed by atoms with Crippen LogP contribution in [-0.2, 0) is 6.54 Å². The molecule has 4 heteroatoms. The fraction of sp³-hybridized carbons (Fsp3) is 0.300. The number of hydrogen-bond acceptors (Lipinski definition) is 3. The number of rotatable bonds is 4. The average molecular weight is 340 g/mol. The average Bonchev–Trinajstić information content (AvgIpc) is 3.09. The van der Waals surface area contributed by atoms with Crippen molar-refractivity contribution in [2.24, 2.45) is 0 Å². The van der Waals surface area contributed by atoms with Crippen LogP contribution in [0.1, 0.15) is 18.4 Å². The number of halogens is 1. The van der Waals surface area contributed by atoms with Gasteiger partial charge in [-0.1, -0.05) is 18.2 Å². The highest BCUT2D eigenvalue weighted by Gasteiger charge is 2.22. The Labute approximate surface area is 145 Å². The molecule has 0 amide bonds. The molecule has 24 heavy (non-hydrogen) atoms. The van der Waals surface area contributed by atoms with Crippen LogP contribution in [0.25, 0.3) is 10.1 Å². The molecule has 3 aromatic rings. The fourth-order valence-corrected chi connectivity index (χ4v) is 4.26. The van der Waals surface area contributed by atoms with Crippen LogP contribution in [0.3, 0.4) is 0 Å². The Bertz CT molecular complexity index is 823. The number of thiophene rings is 1. The molecule has 0 spiro atoms. The van der Waals surface area contributed by atoms with E-state index in [0.717, 1.165) is 31.5 Å². The first-order valence-corrected chi connectivity index (χ1v) is 9.37. The highest BCUT2D eigenvalue weighted by molar-refractivity contribution is 7.17. The molecule has 0 aliphatic carbocycles. The molecule has 2 heterocycles. The van der Waals surface area contributed by atoms with Crippen LogP contribution in [-0.4, -0.2) is 19.1 Å². The maximum atomic E-state index is 14.2. The van der Waals surface area contributed by atoms with Crippen LogP contribution < -0.4 is 10.2 Å². The molecule has 1 fully saturated rings. The Morgan fingerprint density at radius 1 is 1.08 bits per heavy atom. The van der Waals surface area contributed by atoms with Crippen molar-refractivity contribution < 1.29 is 4.39 Å². The summed E-state index contributed by atoms with van der Waals surface area (Å²) in [6, 6.07) is 16.3. The Morgan fingerprint density at radius 3 is 2.75 bits per heavy atom. The van der Waals surface area contributed by atoms with Gasteiger partial charge in [0.05, 0.1) is 0 Å². The summed E-state index contributed by atoms with van der Waals surface area (Å²) in [6.07, 6.45) is 2.19. The lowest BCUT2D eigenvalue weighted by Gasteiger charge is -2.36. The SMILES string of the molecule is Fc1ccccc1CN(c1ccc2sccc2c1)C1CCNCC1. The molecule has 124 valence electrons. The van der Waals surface area contributed by atoms with E-state index < -0.39 is 0 Å². The minimum atomic E-state index is -0.118. The van der Waals surface area contributed by atoms with Crippen molar-refractivity contribution in [3.8, 4) is 0 Å². The smallest absolute Gasteiger partial charge is 0.128 e. The second kappa shape index (κ2) is 6.91. The van der Waals surface area contributed by atoms with E-state index >= 15 is 0 Å². The van der Waals surface area contributed by atoms with Gasteiger partial charge in [0.25, 0.3) is 0 Å². The molecular weight excluding hydrogens is 319 g/mol. The third-order valence-corrected chi connectivity index (χ3v) is 5.71. The van der Waals surface area contributed by atoms with Crippen molar-refractivity contribution in [2.45, 2.75) is 25.4 Å². The van der Waals surface area contributed by atoms with Gasteiger partial charge in [-0.05, 0) is 67.0 Å². The molecule has 0 radical (unpaired) electrons. The standard InChI is InChI=1S/C20H21FN2S/c21-19-4-2-1-3-16(19)14-23(17-7-10-22-11-8-17)18-5-6-20-15(13-18)9-12-24-20/h1-6,9,12-13,17,22H,7-8,10-11,14H2. The molecule has 1 aromatic heterocycles. The number of fused-ring (bicyclic) bond motifs is 1. The number of nitrogens with zero attached hydrogens (tertiary/aromatic N) is 1. The maximum absolute atomic E-state index is 14.2. The zero-order valence-electron chi connectivity index (χ0n) is 13.5. The van der Waals surface area contributed by atoms with Gasteiger partial charge >= 0.3 is 0 Å². The molecular formula is C20H21FN2S. The minimum absolute atomic E-state index is 0.118. The van der Waals surface area contributed by atoms with Gasteiger partial charge in [-0.2, -0.15) is 0 Å². The van der Waals surface area contributed by atoms with Gasteiger partial charge in [0.15, 0.2) is 0 Å². The van der Waals surface area contributed by atoms with Crippen molar-refractivity contribution in [3.05, 3.63) is 65.3 Å². The summed E-state index contributed by atoms with van der Waals surface area (Å²) in [5.41, 5.74) is 1.96. The van der Waals surface area contributed by atoms with E-state index in [-0.39, 0.29) is 5.82 Å². The Kier molecular flexibility index (Phi) is 4.50. The Morgan fingerprint density at radius 2 is 1.92 bits per heavy atom.